The molecular weight excluding hydrogens is 548 g/mol. The standard InChI is InChI=1S/C13H22BO16P3S/c1-8-3-5-9(6-4-8)27-34(22,23)28-11-10(26-13(14)12(11)24-2)7-25-32(18,19)30-33(20,21)29-31(15,16)17/h3-6,10-13H,7,14H2,1-2H3,(H,18,19)(H,20,21)(H2,15,16,17). The van der Waals surface area contributed by atoms with Gasteiger partial charge in [0.1, 0.15) is 31.9 Å². The van der Waals surface area contributed by atoms with Gasteiger partial charge in [-0.05, 0) is 19.1 Å². The highest BCUT2D eigenvalue weighted by Gasteiger charge is 2.48. The quantitative estimate of drug-likeness (QED) is 0.187. The molecule has 194 valence electrons. The van der Waals surface area contributed by atoms with Crippen molar-refractivity contribution in [2.24, 2.45) is 0 Å². The third-order valence-corrected chi connectivity index (χ3v) is 8.74. The lowest BCUT2D eigenvalue weighted by Gasteiger charge is -2.23. The minimum Gasteiger partial charge on any atom is -0.377 e. The van der Waals surface area contributed by atoms with E-state index < -0.39 is 64.8 Å². The van der Waals surface area contributed by atoms with Crippen LogP contribution in [-0.2, 0) is 50.9 Å². The van der Waals surface area contributed by atoms with Crippen molar-refractivity contribution >= 4 is 41.7 Å². The number of ether oxygens (including phenoxy) is 2. The van der Waals surface area contributed by atoms with Gasteiger partial charge in [-0.15, -0.1) is 0 Å². The summed E-state index contributed by atoms with van der Waals surface area (Å²) >= 11 is 0. The predicted octanol–water partition coefficient (Wildman–Crippen LogP) is -0.280. The van der Waals surface area contributed by atoms with E-state index in [1.165, 1.54) is 27.1 Å². The van der Waals surface area contributed by atoms with Crippen LogP contribution in [0.3, 0.4) is 0 Å². The third-order valence-electron chi connectivity index (χ3n) is 4.08. The van der Waals surface area contributed by atoms with E-state index in [0.717, 1.165) is 5.56 Å². The van der Waals surface area contributed by atoms with Gasteiger partial charge in [-0.25, -0.2) is 17.9 Å². The summed E-state index contributed by atoms with van der Waals surface area (Å²) in [7, 11) is -18.8. The van der Waals surface area contributed by atoms with Gasteiger partial charge in [-0.2, -0.15) is 17.0 Å². The number of phosphoric ester groups is 1. The molecule has 0 radical (unpaired) electrons. The Hall–Kier alpha value is -0.675. The Morgan fingerprint density at radius 1 is 1.00 bits per heavy atom. The Bertz CT molecular complexity index is 1090. The van der Waals surface area contributed by atoms with Gasteiger partial charge in [-0.1, -0.05) is 17.7 Å². The van der Waals surface area contributed by atoms with Gasteiger partial charge in [-0.3, -0.25) is 4.52 Å². The molecule has 16 nitrogen and oxygen atoms in total. The lowest BCUT2D eigenvalue weighted by Crippen LogP contribution is -2.40. The van der Waals surface area contributed by atoms with Crippen molar-refractivity contribution in [3.8, 4) is 5.75 Å². The maximum Gasteiger partial charge on any atom is 0.490 e. The van der Waals surface area contributed by atoms with Crippen LogP contribution in [0.1, 0.15) is 5.56 Å². The molecular formula is C13H22BO16P3S. The fraction of sp³-hybridized carbons (Fsp3) is 0.538. The van der Waals surface area contributed by atoms with E-state index in [1.54, 1.807) is 19.1 Å². The van der Waals surface area contributed by atoms with Crippen LogP contribution in [0.25, 0.3) is 0 Å². The molecule has 0 aliphatic carbocycles. The van der Waals surface area contributed by atoms with Gasteiger partial charge < -0.3 is 33.2 Å². The van der Waals surface area contributed by atoms with Crippen molar-refractivity contribution in [2.75, 3.05) is 13.7 Å². The first kappa shape index (κ1) is 29.6. The highest BCUT2D eigenvalue weighted by atomic mass is 32.3. The maximum atomic E-state index is 12.4. The van der Waals surface area contributed by atoms with Crippen LogP contribution in [0, 0.1) is 6.92 Å². The fourth-order valence-corrected chi connectivity index (χ4v) is 6.75. The Morgan fingerprint density at radius 3 is 2.12 bits per heavy atom. The molecule has 1 aliphatic heterocycles. The van der Waals surface area contributed by atoms with Gasteiger partial charge in [0, 0.05) is 7.11 Å². The Labute approximate surface area is 195 Å². The second-order valence-electron chi connectivity index (χ2n) is 6.83. The zero-order chi connectivity index (χ0) is 25.9. The van der Waals surface area contributed by atoms with E-state index >= 15 is 0 Å². The van der Waals surface area contributed by atoms with Gasteiger partial charge >= 0.3 is 33.9 Å². The molecule has 0 saturated carbocycles. The molecule has 1 fully saturated rings. The molecule has 6 unspecified atom stereocenters. The largest absolute Gasteiger partial charge is 0.490 e. The number of aryl methyl sites for hydroxylation is 1. The number of methoxy groups -OCH3 is 1. The summed E-state index contributed by atoms with van der Waals surface area (Å²) in [6.07, 6.45) is -3.89. The average molecular weight is 570 g/mol. The van der Waals surface area contributed by atoms with Crippen LogP contribution >= 0.6 is 23.5 Å². The lowest BCUT2D eigenvalue weighted by molar-refractivity contribution is -0.00232. The second-order valence-corrected chi connectivity index (χ2v) is 12.4. The van der Waals surface area contributed by atoms with Crippen molar-refractivity contribution in [1.29, 1.82) is 0 Å². The molecule has 1 saturated heterocycles. The van der Waals surface area contributed by atoms with Crippen LogP contribution in [0.5, 0.6) is 5.75 Å². The van der Waals surface area contributed by atoms with E-state index in [-0.39, 0.29) is 5.75 Å². The van der Waals surface area contributed by atoms with Crippen molar-refractivity contribution in [3.05, 3.63) is 29.8 Å². The summed E-state index contributed by atoms with van der Waals surface area (Å²) in [4.78, 5) is 35.9. The highest BCUT2D eigenvalue weighted by molar-refractivity contribution is 7.82. The van der Waals surface area contributed by atoms with Gasteiger partial charge in [0.15, 0.2) is 0 Å². The fourth-order valence-electron chi connectivity index (χ4n) is 2.82. The topological polar surface area (TPSA) is 231 Å². The van der Waals surface area contributed by atoms with Crippen molar-refractivity contribution in [2.45, 2.75) is 31.2 Å². The number of hydrogen-bond donors (Lipinski definition) is 4. The first-order chi connectivity index (χ1) is 15.4. The number of phosphoric acid groups is 3. The number of hydrogen-bond acceptors (Lipinski definition) is 12. The zero-order valence-electron chi connectivity index (χ0n) is 17.8. The molecule has 0 spiro atoms. The molecule has 2 rings (SSSR count). The minimum absolute atomic E-state index is 0.0589. The van der Waals surface area contributed by atoms with Crippen LogP contribution < -0.4 is 4.18 Å². The molecule has 21 heteroatoms. The van der Waals surface area contributed by atoms with Crippen LogP contribution in [0.2, 0.25) is 0 Å². The van der Waals surface area contributed by atoms with E-state index in [0.29, 0.717) is 0 Å². The van der Waals surface area contributed by atoms with Gasteiger partial charge in [0.05, 0.1) is 12.6 Å². The summed E-state index contributed by atoms with van der Waals surface area (Å²) in [5.74, 6) is -0.0589. The third kappa shape index (κ3) is 9.41. The molecule has 0 aromatic heterocycles. The molecule has 1 aromatic carbocycles. The molecule has 34 heavy (non-hydrogen) atoms. The summed E-state index contributed by atoms with van der Waals surface area (Å²) in [5, 5.41) is 0. The summed E-state index contributed by atoms with van der Waals surface area (Å²) < 4.78 is 91.0. The van der Waals surface area contributed by atoms with Crippen LogP contribution in [0.15, 0.2) is 24.3 Å². The van der Waals surface area contributed by atoms with E-state index in [2.05, 4.69) is 13.1 Å². The van der Waals surface area contributed by atoms with Gasteiger partial charge in [0.25, 0.3) is 0 Å². The summed E-state index contributed by atoms with van der Waals surface area (Å²) in [5.41, 5.74) is 0.842. The predicted molar refractivity (Wildman–Crippen MR) is 113 cm³/mol. The molecule has 0 bridgehead atoms. The highest BCUT2D eigenvalue weighted by Crippen LogP contribution is 2.66. The van der Waals surface area contributed by atoms with E-state index in [9.17, 15) is 31.9 Å². The molecule has 1 aliphatic rings. The SMILES string of the molecule is BC1OC(COP(=O)(O)OP(=O)(O)OP(=O)(O)O)C(OS(=O)(=O)Oc2ccc(C)cc2)C1OC. The summed E-state index contributed by atoms with van der Waals surface area (Å²) in [6, 6.07) is 5.14. The molecule has 6 atom stereocenters. The first-order valence-corrected chi connectivity index (χ1v) is 14.9. The van der Waals surface area contributed by atoms with Crippen molar-refractivity contribution < 1.29 is 72.7 Å². The summed E-state index contributed by atoms with van der Waals surface area (Å²) in [6.45, 7) is 0.829. The Morgan fingerprint density at radius 2 is 1.59 bits per heavy atom. The number of rotatable bonds is 12. The molecule has 1 heterocycles. The maximum absolute atomic E-state index is 12.4. The zero-order valence-corrected chi connectivity index (χ0v) is 21.3. The van der Waals surface area contributed by atoms with Crippen LogP contribution in [0.4, 0.5) is 0 Å². The monoisotopic (exact) mass is 570 g/mol. The smallest absolute Gasteiger partial charge is 0.377 e. The van der Waals surface area contributed by atoms with Gasteiger partial charge in [0.2, 0.25) is 0 Å². The molecule has 4 N–H and O–H groups in total. The van der Waals surface area contributed by atoms with Crippen molar-refractivity contribution in [1.82, 2.24) is 0 Å². The molecule has 0 amide bonds. The molecule has 1 aromatic rings. The Balaban J connectivity index is 2.11. The van der Waals surface area contributed by atoms with Crippen molar-refractivity contribution in [3.63, 3.8) is 0 Å². The van der Waals surface area contributed by atoms with Crippen LogP contribution in [-0.4, -0.2) is 73.9 Å². The van der Waals surface area contributed by atoms with E-state index in [1.807, 2.05) is 0 Å². The average Bonchev–Trinajstić information content (AvgIpc) is 2.92. The lowest BCUT2D eigenvalue weighted by atomic mass is 9.93. The number of benzene rings is 1. The normalized spacial score (nSPS) is 27.1. The Kier molecular flexibility index (Phi) is 9.70. The minimum atomic E-state index is -5.73. The second kappa shape index (κ2) is 11.2. The van der Waals surface area contributed by atoms with E-state index in [4.69, 9.17) is 27.6 Å². The first-order valence-electron chi connectivity index (χ1n) is 9.08.